The third-order valence-corrected chi connectivity index (χ3v) is 0.351. The largest absolute Gasteiger partial charge is 0.356 e. The van der Waals surface area contributed by atoms with Gasteiger partial charge in [-0.25, -0.2) is 0 Å². The third kappa shape index (κ3) is 3.47. The lowest BCUT2D eigenvalue weighted by atomic mass is 10.6. The van der Waals surface area contributed by atoms with Crippen LogP contribution in [0, 0.1) is 6.92 Å². The highest BCUT2D eigenvalue weighted by molar-refractivity contribution is 5.72. The molecule has 2 radical (unpaired) electrons. The molecule has 2 nitrogen and oxygen atoms in total. The fraction of sp³-hybridized carbons (Fsp3) is 0.500. The number of hydrogen-bond donors (Lipinski definition) is 1. The van der Waals surface area contributed by atoms with Crippen molar-refractivity contribution in [1.82, 2.24) is 5.32 Å². The van der Waals surface area contributed by atoms with Crippen LogP contribution >= 0.6 is 0 Å². The Morgan fingerprint density at radius 3 is 2.50 bits per heavy atom. The average Bonchev–Trinajstić information content (AvgIpc) is 1.35. The minimum absolute atomic E-state index is 0.0856. The summed E-state index contributed by atoms with van der Waals surface area (Å²) in [6, 6.07) is 0. The molecule has 0 aromatic carbocycles. The maximum atomic E-state index is 9.85. The second-order valence-corrected chi connectivity index (χ2v) is 0.937. The molecule has 0 spiro atoms. The minimum Gasteiger partial charge on any atom is -0.356 e. The molecule has 0 saturated heterocycles. The smallest absolute Gasteiger partial charge is 0.216 e. The standard InChI is InChI=1S/C4H7NO/c1-3-5-4(2)6/h1H,3H2,2H3,(H,5,6). The van der Waals surface area contributed by atoms with Crippen LogP contribution in [0.15, 0.2) is 0 Å². The van der Waals surface area contributed by atoms with E-state index in [9.17, 15) is 4.79 Å². The van der Waals surface area contributed by atoms with Gasteiger partial charge in [0.2, 0.25) is 5.91 Å². The molecule has 0 rings (SSSR count). The topological polar surface area (TPSA) is 29.1 Å². The first-order valence-corrected chi connectivity index (χ1v) is 1.72. The molecule has 0 saturated carbocycles. The predicted molar refractivity (Wildman–Crippen MR) is 23.0 cm³/mol. The molecule has 6 heavy (non-hydrogen) atoms. The van der Waals surface area contributed by atoms with Gasteiger partial charge >= 0.3 is 0 Å². The molecule has 2 heteroatoms. The van der Waals surface area contributed by atoms with Gasteiger partial charge in [-0.15, -0.1) is 0 Å². The molecule has 0 aliphatic carbocycles. The fourth-order valence-corrected chi connectivity index (χ4v) is 0.144. The molecule has 1 amide bonds. The van der Waals surface area contributed by atoms with Crippen molar-refractivity contribution in [3.8, 4) is 0 Å². The van der Waals surface area contributed by atoms with Gasteiger partial charge in [0.05, 0.1) is 0 Å². The lowest BCUT2D eigenvalue weighted by Gasteiger charge is -1.88. The first kappa shape index (κ1) is 5.47. The van der Waals surface area contributed by atoms with E-state index in [1.165, 1.54) is 6.92 Å². The highest BCUT2D eigenvalue weighted by atomic mass is 16.1. The van der Waals surface area contributed by atoms with Gasteiger partial charge in [-0.1, -0.05) is 0 Å². The quantitative estimate of drug-likeness (QED) is 0.470. The molecule has 0 unspecified atom stereocenters. The van der Waals surface area contributed by atoms with Gasteiger partial charge in [-0.05, 0) is 6.92 Å². The molecule has 0 aliphatic heterocycles. The van der Waals surface area contributed by atoms with E-state index >= 15 is 0 Å². The Morgan fingerprint density at radius 2 is 2.50 bits per heavy atom. The normalized spacial score (nSPS) is 7.67. The number of hydrogen-bond acceptors (Lipinski definition) is 1. The van der Waals surface area contributed by atoms with Crippen molar-refractivity contribution in [3.05, 3.63) is 6.92 Å². The van der Waals surface area contributed by atoms with Crippen LogP contribution in [0.25, 0.3) is 0 Å². The molecule has 0 aromatic heterocycles. The van der Waals surface area contributed by atoms with Crippen LogP contribution in [0.5, 0.6) is 0 Å². The van der Waals surface area contributed by atoms with E-state index in [0.29, 0.717) is 0 Å². The van der Waals surface area contributed by atoms with Crippen molar-refractivity contribution in [3.63, 3.8) is 0 Å². The minimum atomic E-state index is -0.0856. The Labute approximate surface area is 37.5 Å². The summed E-state index contributed by atoms with van der Waals surface area (Å²) in [5.74, 6) is -0.0856. The maximum Gasteiger partial charge on any atom is 0.216 e. The average molecular weight is 85.1 g/mol. The second kappa shape index (κ2) is 2.69. The predicted octanol–water partition coefficient (Wildman–Crippen LogP) is -0.166. The molecule has 0 atom stereocenters. The number of nitrogens with one attached hydrogen (secondary N) is 1. The van der Waals surface area contributed by atoms with E-state index in [1.54, 1.807) is 0 Å². The summed E-state index contributed by atoms with van der Waals surface area (Å²) in [6.07, 6.45) is 0. The van der Waals surface area contributed by atoms with E-state index in [0.717, 1.165) is 0 Å². The third-order valence-electron chi connectivity index (χ3n) is 0.351. The molecular weight excluding hydrogens is 78.0 g/mol. The van der Waals surface area contributed by atoms with Crippen molar-refractivity contribution in [2.24, 2.45) is 0 Å². The van der Waals surface area contributed by atoms with Crippen molar-refractivity contribution >= 4 is 5.91 Å². The van der Waals surface area contributed by atoms with Crippen LogP contribution in [-0.4, -0.2) is 12.5 Å². The van der Waals surface area contributed by atoms with Crippen LogP contribution in [-0.2, 0) is 4.79 Å². The van der Waals surface area contributed by atoms with E-state index in [4.69, 9.17) is 6.92 Å². The molecule has 1 N–H and O–H groups in total. The van der Waals surface area contributed by atoms with Crippen molar-refractivity contribution < 1.29 is 4.79 Å². The fourth-order valence-electron chi connectivity index (χ4n) is 0.144. The summed E-state index contributed by atoms with van der Waals surface area (Å²) >= 11 is 0. The molecule has 0 aromatic rings. The number of carbonyl (C=O) groups excluding carboxylic acids is 1. The molecule has 0 bridgehead atoms. The zero-order valence-electron chi connectivity index (χ0n) is 3.69. The van der Waals surface area contributed by atoms with Gasteiger partial charge in [0.25, 0.3) is 0 Å². The number of rotatable bonds is 1. The lowest BCUT2D eigenvalue weighted by Crippen LogP contribution is -2.18. The summed E-state index contributed by atoms with van der Waals surface area (Å²) in [5, 5.41) is 2.35. The van der Waals surface area contributed by atoms with Crippen LogP contribution < -0.4 is 5.32 Å². The van der Waals surface area contributed by atoms with E-state index in [-0.39, 0.29) is 12.5 Å². The number of carbonyl (C=O) groups is 1. The first-order chi connectivity index (χ1) is 2.77. The van der Waals surface area contributed by atoms with Crippen LogP contribution in [0.2, 0.25) is 0 Å². The van der Waals surface area contributed by atoms with Gasteiger partial charge in [0.1, 0.15) is 0 Å². The van der Waals surface area contributed by atoms with E-state index < -0.39 is 0 Å². The maximum absolute atomic E-state index is 9.85. The van der Waals surface area contributed by atoms with Crippen molar-refractivity contribution in [2.45, 2.75) is 6.92 Å². The SMILES string of the molecule is [CH]CNC(C)=O. The number of amides is 1. The molecular formula is C4H7NO. The van der Waals surface area contributed by atoms with Gasteiger partial charge < -0.3 is 5.32 Å². The summed E-state index contributed by atoms with van der Waals surface area (Å²) in [6.45, 7) is 6.55. The highest BCUT2D eigenvalue weighted by Crippen LogP contribution is 1.53. The zero-order chi connectivity index (χ0) is 4.99. The summed E-state index contributed by atoms with van der Waals surface area (Å²) < 4.78 is 0. The Hall–Kier alpha value is -0.530. The van der Waals surface area contributed by atoms with Gasteiger partial charge in [0.15, 0.2) is 0 Å². The highest BCUT2D eigenvalue weighted by Gasteiger charge is 1.79. The Bertz CT molecular complexity index is 51.5. The van der Waals surface area contributed by atoms with E-state index in [2.05, 4.69) is 5.32 Å². The van der Waals surface area contributed by atoms with Crippen LogP contribution in [0.3, 0.4) is 0 Å². The molecule has 0 heterocycles. The first-order valence-electron chi connectivity index (χ1n) is 1.72. The Kier molecular flexibility index (Phi) is 2.46. The monoisotopic (exact) mass is 85.1 g/mol. The van der Waals surface area contributed by atoms with Gasteiger partial charge in [0, 0.05) is 13.5 Å². The molecule has 34 valence electrons. The Morgan fingerprint density at radius 1 is 2.00 bits per heavy atom. The molecule has 0 fully saturated rings. The summed E-state index contributed by atoms with van der Waals surface area (Å²) in [4.78, 5) is 9.85. The van der Waals surface area contributed by atoms with Gasteiger partial charge in [-0.2, -0.15) is 0 Å². The lowest BCUT2D eigenvalue weighted by molar-refractivity contribution is -0.118. The Balaban J connectivity index is 2.83. The summed E-state index contributed by atoms with van der Waals surface area (Å²) in [5.41, 5.74) is 0. The van der Waals surface area contributed by atoms with Crippen molar-refractivity contribution in [1.29, 1.82) is 0 Å². The second-order valence-electron chi connectivity index (χ2n) is 0.937. The van der Waals surface area contributed by atoms with E-state index in [1.807, 2.05) is 0 Å². The van der Waals surface area contributed by atoms with Crippen molar-refractivity contribution in [2.75, 3.05) is 6.54 Å². The summed E-state index contributed by atoms with van der Waals surface area (Å²) in [7, 11) is 0. The zero-order valence-corrected chi connectivity index (χ0v) is 3.69. The van der Waals surface area contributed by atoms with Crippen LogP contribution in [0.1, 0.15) is 6.92 Å². The van der Waals surface area contributed by atoms with Gasteiger partial charge in [-0.3, -0.25) is 4.79 Å². The van der Waals surface area contributed by atoms with Crippen LogP contribution in [0.4, 0.5) is 0 Å². The molecule has 0 aliphatic rings.